The highest BCUT2D eigenvalue weighted by molar-refractivity contribution is 7.71. The van der Waals surface area contributed by atoms with Gasteiger partial charge in [-0.25, -0.2) is 9.97 Å². The summed E-state index contributed by atoms with van der Waals surface area (Å²) in [4.78, 5) is 11.3. The minimum Gasteiger partial charge on any atom is -0.333 e. The fourth-order valence-corrected chi connectivity index (χ4v) is 1.40. The van der Waals surface area contributed by atoms with E-state index in [0.717, 1.165) is 16.9 Å². The van der Waals surface area contributed by atoms with Gasteiger partial charge in [0, 0.05) is 12.7 Å². The third kappa shape index (κ3) is 0.937. The van der Waals surface area contributed by atoms with E-state index in [2.05, 4.69) is 15.0 Å². The molecule has 5 heteroatoms. The summed E-state index contributed by atoms with van der Waals surface area (Å²) in [5.41, 5.74) is 2.67. The first-order valence-corrected chi connectivity index (χ1v) is 3.97. The number of hydrogen-bond acceptors (Lipinski definition) is 3. The first-order valence-electron chi connectivity index (χ1n) is 3.56. The summed E-state index contributed by atoms with van der Waals surface area (Å²) in [5.74, 6) is 0. The molecule has 0 aliphatic heterocycles. The second-order valence-corrected chi connectivity index (χ2v) is 3.08. The van der Waals surface area contributed by atoms with E-state index in [-0.39, 0.29) is 0 Å². The maximum absolute atomic E-state index is 4.94. The summed E-state index contributed by atoms with van der Waals surface area (Å²) in [6.07, 6.45) is 1.73. The van der Waals surface area contributed by atoms with Crippen LogP contribution in [0, 0.1) is 11.7 Å². The number of fused-ring (bicyclic) bond motifs is 1. The molecule has 4 nitrogen and oxygen atoms in total. The van der Waals surface area contributed by atoms with Crippen LogP contribution in [0.3, 0.4) is 0 Å². The average Bonchev–Trinajstić information content (AvgIpc) is 2.33. The zero-order valence-corrected chi connectivity index (χ0v) is 7.64. The Hall–Kier alpha value is -1.23. The Morgan fingerprint density at radius 3 is 3.08 bits per heavy atom. The molecule has 0 unspecified atom stereocenters. The van der Waals surface area contributed by atoms with Crippen LogP contribution >= 0.6 is 12.2 Å². The van der Waals surface area contributed by atoms with Gasteiger partial charge in [-0.3, -0.25) is 0 Å². The van der Waals surface area contributed by atoms with Gasteiger partial charge in [0.05, 0.1) is 6.33 Å². The first-order chi connectivity index (χ1) is 5.68. The number of nitrogens with one attached hydrogen (secondary N) is 1. The number of H-pyrrole nitrogens is 1. The third-order valence-electron chi connectivity index (χ3n) is 1.76. The number of aromatic amines is 1. The van der Waals surface area contributed by atoms with Gasteiger partial charge in [-0.05, 0) is 19.1 Å². The number of nitrogens with zero attached hydrogens (tertiary/aromatic N) is 3. The lowest BCUT2D eigenvalue weighted by molar-refractivity contribution is 0.924. The van der Waals surface area contributed by atoms with Gasteiger partial charge in [0.2, 0.25) is 0 Å². The molecular weight excluding hydrogens is 172 g/mol. The highest BCUT2D eigenvalue weighted by atomic mass is 32.1. The Labute approximate surface area is 74.3 Å². The molecule has 0 saturated heterocycles. The Morgan fingerprint density at radius 2 is 2.33 bits per heavy atom. The van der Waals surface area contributed by atoms with Gasteiger partial charge in [0.25, 0.3) is 0 Å². The molecule has 0 bridgehead atoms. The number of aromatic nitrogens is 4. The molecule has 0 fully saturated rings. The summed E-state index contributed by atoms with van der Waals surface area (Å²) >= 11 is 4.94. The minimum atomic E-state index is 0.503. The number of aryl methyl sites for hydroxylation is 2. The molecule has 0 aliphatic rings. The lowest BCUT2D eigenvalue weighted by Crippen LogP contribution is -1.92. The zero-order chi connectivity index (χ0) is 8.72. The lowest BCUT2D eigenvalue weighted by Gasteiger charge is -1.95. The van der Waals surface area contributed by atoms with Crippen LogP contribution in [0.2, 0.25) is 0 Å². The molecule has 2 rings (SSSR count). The number of hydrogen-bond donors (Lipinski definition) is 1. The minimum absolute atomic E-state index is 0.503. The van der Waals surface area contributed by atoms with E-state index < -0.39 is 0 Å². The van der Waals surface area contributed by atoms with Crippen molar-refractivity contribution in [3.8, 4) is 0 Å². The molecule has 0 aromatic carbocycles. The van der Waals surface area contributed by atoms with Crippen molar-refractivity contribution in [2.75, 3.05) is 0 Å². The molecule has 0 amide bonds. The number of rotatable bonds is 0. The monoisotopic (exact) mass is 180 g/mol. The lowest BCUT2D eigenvalue weighted by atomic mass is 10.4. The second-order valence-electron chi connectivity index (χ2n) is 2.69. The average molecular weight is 180 g/mol. The quantitative estimate of drug-likeness (QED) is 0.622. The summed E-state index contributed by atoms with van der Waals surface area (Å²) in [6.45, 7) is 1.94. The molecule has 1 N–H and O–H groups in total. The van der Waals surface area contributed by atoms with Crippen LogP contribution in [-0.2, 0) is 7.05 Å². The predicted molar refractivity (Wildman–Crippen MR) is 48.4 cm³/mol. The molecule has 62 valence electrons. The fourth-order valence-electron chi connectivity index (χ4n) is 1.16. The van der Waals surface area contributed by atoms with Gasteiger partial charge in [-0.2, -0.15) is 0 Å². The van der Waals surface area contributed by atoms with Crippen molar-refractivity contribution in [1.29, 1.82) is 0 Å². The van der Waals surface area contributed by atoms with E-state index in [9.17, 15) is 0 Å². The largest absolute Gasteiger partial charge is 0.333 e. The van der Waals surface area contributed by atoms with Gasteiger partial charge < -0.3 is 9.55 Å². The highest BCUT2D eigenvalue weighted by Gasteiger charge is 2.03. The van der Waals surface area contributed by atoms with Gasteiger partial charge in [-0.1, -0.05) is 0 Å². The Balaban J connectivity index is 3.02. The number of imidazole rings is 1. The van der Waals surface area contributed by atoms with E-state index in [1.165, 1.54) is 0 Å². The van der Waals surface area contributed by atoms with Crippen molar-refractivity contribution in [3.63, 3.8) is 0 Å². The van der Waals surface area contributed by atoms with Gasteiger partial charge in [-0.15, -0.1) is 0 Å². The van der Waals surface area contributed by atoms with E-state index in [1.54, 1.807) is 6.33 Å². The maximum Gasteiger partial charge on any atom is 0.199 e. The van der Waals surface area contributed by atoms with Crippen LogP contribution in [-0.4, -0.2) is 19.5 Å². The molecule has 0 spiro atoms. The van der Waals surface area contributed by atoms with Crippen LogP contribution in [0.25, 0.3) is 11.2 Å². The Bertz CT molecular complexity index is 482. The first kappa shape index (κ1) is 7.42. The molecule has 0 atom stereocenters. The van der Waals surface area contributed by atoms with Gasteiger partial charge in [0.1, 0.15) is 5.52 Å². The van der Waals surface area contributed by atoms with E-state index in [4.69, 9.17) is 12.2 Å². The van der Waals surface area contributed by atoms with Crippen LogP contribution < -0.4 is 0 Å². The molecule has 0 saturated carbocycles. The topological polar surface area (TPSA) is 46.5 Å². The molecule has 2 heterocycles. The van der Waals surface area contributed by atoms with E-state index in [1.807, 2.05) is 18.5 Å². The highest BCUT2D eigenvalue weighted by Crippen LogP contribution is 2.10. The molecule has 0 aliphatic carbocycles. The normalized spacial score (nSPS) is 10.8. The fraction of sp³-hybridized carbons (Fsp3) is 0.286. The van der Waals surface area contributed by atoms with Gasteiger partial charge in [0.15, 0.2) is 10.4 Å². The van der Waals surface area contributed by atoms with Gasteiger partial charge >= 0.3 is 0 Å². The van der Waals surface area contributed by atoms with Crippen LogP contribution in [0.5, 0.6) is 0 Å². The van der Waals surface area contributed by atoms with Crippen LogP contribution in [0.4, 0.5) is 0 Å². The van der Waals surface area contributed by atoms with Crippen molar-refractivity contribution >= 4 is 23.4 Å². The maximum atomic E-state index is 4.94. The SMILES string of the molecule is Cc1[nH]c(=S)nc2c1ncn2C. The van der Waals surface area contributed by atoms with Crippen molar-refractivity contribution in [3.05, 3.63) is 16.8 Å². The van der Waals surface area contributed by atoms with Crippen molar-refractivity contribution in [2.45, 2.75) is 6.92 Å². The Kier molecular flexibility index (Phi) is 1.47. The summed E-state index contributed by atoms with van der Waals surface area (Å²) in [7, 11) is 1.90. The van der Waals surface area contributed by atoms with Crippen LogP contribution in [0.15, 0.2) is 6.33 Å². The van der Waals surface area contributed by atoms with E-state index in [0.29, 0.717) is 4.77 Å². The van der Waals surface area contributed by atoms with Crippen LogP contribution in [0.1, 0.15) is 5.69 Å². The summed E-state index contributed by atoms with van der Waals surface area (Å²) in [6, 6.07) is 0. The molecular formula is C7H8N4S. The van der Waals surface area contributed by atoms with E-state index >= 15 is 0 Å². The summed E-state index contributed by atoms with van der Waals surface area (Å²) in [5, 5.41) is 0. The standard InChI is InChI=1S/C7H8N4S/c1-4-5-6(10-7(12)9-4)11(2)3-8-5/h3H,1-2H3,(H,9,10,12). The zero-order valence-electron chi connectivity index (χ0n) is 6.83. The third-order valence-corrected chi connectivity index (χ3v) is 1.96. The van der Waals surface area contributed by atoms with Crippen molar-refractivity contribution < 1.29 is 0 Å². The molecule has 0 radical (unpaired) electrons. The summed E-state index contributed by atoms with van der Waals surface area (Å²) < 4.78 is 2.36. The molecule has 2 aromatic heterocycles. The van der Waals surface area contributed by atoms with Crippen molar-refractivity contribution in [2.24, 2.45) is 7.05 Å². The smallest absolute Gasteiger partial charge is 0.199 e. The predicted octanol–water partition coefficient (Wildman–Crippen LogP) is 1.33. The molecule has 12 heavy (non-hydrogen) atoms. The Morgan fingerprint density at radius 1 is 1.58 bits per heavy atom. The second kappa shape index (κ2) is 2.38. The molecule has 2 aromatic rings. The van der Waals surface area contributed by atoms with Crippen molar-refractivity contribution in [1.82, 2.24) is 19.5 Å².